The molecule has 1 rings (SSSR count). The van der Waals surface area contributed by atoms with Gasteiger partial charge in [-0.25, -0.2) is 0 Å². The van der Waals surface area contributed by atoms with E-state index in [1.54, 1.807) is 0 Å². The van der Waals surface area contributed by atoms with Gasteiger partial charge >= 0.3 is 0 Å². The first-order valence-electron chi connectivity index (χ1n) is 6.79. The van der Waals surface area contributed by atoms with Gasteiger partial charge in [0.05, 0.1) is 6.61 Å². The predicted octanol–water partition coefficient (Wildman–Crippen LogP) is 1.47. The first-order valence-corrected chi connectivity index (χ1v) is 6.79. The highest BCUT2D eigenvalue weighted by molar-refractivity contribution is 4.77. The highest BCUT2D eigenvalue weighted by Gasteiger charge is 2.17. The highest BCUT2D eigenvalue weighted by atomic mass is 16.3. The van der Waals surface area contributed by atoms with Crippen molar-refractivity contribution in [1.29, 1.82) is 0 Å². The molecule has 0 bridgehead atoms. The molecule has 0 amide bonds. The van der Waals surface area contributed by atoms with E-state index >= 15 is 0 Å². The van der Waals surface area contributed by atoms with Crippen molar-refractivity contribution < 1.29 is 5.11 Å². The van der Waals surface area contributed by atoms with Crippen LogP contribution in [0.15, 0.2) is 0 Å². The van der Waals surface area contributed by atoms with E-state index in [4.69, 9.17) is 5.11 Å². The van der Waals surface area contributed by atoms with Crippen LogP contribution in [0.5, 0.6) is 0 Å². The molecule has 3 nitrogen and oxygen atoms in total. The van der Waals surface area contributed by atoms with Gasteiger partial charge in [0.2, 0.25) is 0 Å². The molecule has 1 unspecified atom stereocenters. The molecule has 0 spiro atoms. The topological polar surface area (TPSA) is 35.5 Å². The number of aliphatic hydroxyl groups excluding tert-OH is 1. The Kier molecular flexibility index (Phi) is 7.01. The van der Waals surface area contributed by atoms with Crippen LogP contribution in [0.3, 0.4) is 0 Å². The molecule has 96 valence electrons. The van der Waals surface area contributed by atoms with E-state index < -0.39 is 0 Å². The molecule has 2 N–H and O–H groups in total. The molecule has 1 atom stereocenters. The average molecular weight is 228 g/mol. The zero-order valence-electron chi connectivity index (χ0n) is 10.9. The molecule has 1 aliphatic heterocycles. The molecule has 1 aliphatic rings. The third-order valence-corrected chi connectivity index (χ3v) is 3.31. The van der Waals surface area contributed by atoms with Crippen LogP contribution in [0.4, 0.5) is 0 Å². The molecule has 1 saturated heterocycles. The smallest absolute Gasteiger partial charge is 0.0558 e. The SMILES string of the molecule is CC(C)CCCN(CCO)CC1CCCN1. The van der Waals surface area contributed by atoms with Crippen molar-refractivity contribution in [3.63, 3.8) is 0 Å². The van der Waals surface area contributed by atoms with Crippen LogP contribution in [-0.4, -0.2) is 48.8 Å². The fourth-order valence-electron chi connectivity index (χ4n) is 2.38. The molecular formula is C13H28N2O. The number of nitrogens with zero attached hydrogens (tertiary/aromatic N) is 1. The maximum absolute atomic E-state index is 9.06. The minimum Gasteiger partial charge on any atom is -0.395 e. The number of hydrogen-bond acceptors (Lipinski definition) is 3. The Balaban J connectivity index is 2.17. The van der Waals surface area contributed by atoms with Gasteiger partial charge in [-0.2, -0.15) is 0 Å². The Hall–Kier alpha value is -0.120. The monoisotopic (exact) mass is 228 g/mol. The van der Waals surface area contributed by atoms with Gasteiger partial charge in [0, 0.05) is 19.1 Å². The fourth-order valence-corrected chi connectivity index (χ4v) is 2.38. The maximum atomic E-state index is 9.06. The van der Waals surface area contributed by atoms with E-state index in [0.29, 0.717) is 6.04 Å². The van der Waals surface area contributed by atoms with Crippen LogP contribution in [0.1, 0.15) is 39.5 Å². The van der Waals surface area contributed by atoms with Gasteiger partial charge in [0.25, 0.3) is 0 Å². The Morgan fingerprint density at radius 2 is 2.19 bits per heavy atom. The van der Waals surface area contributed by atoms with E-state index in [2.05, 4.69) is 24.1 Å². The molecule has 0 aromatic rings. The summed E-state index contributed by atoms with van der Waals surface area (Å²) in [5, 5.41) is 12.6. The third-order valence-electron chi connectivity index (χ3n) is 3.31. The fraction of sp³-hybridized carbons (Fsp3) is 1.00. The summed E-state index contributed by atoms with van der Waals surface area (Å²) in [4.78, 5) is 2.41. The largest absolute Gasteiger partial charge is 0.395 e. The van der Waals surface area contributed by atoms with Crippen LogP contribution < -0.4 is 5.32 Å². The minimum absolute atomic E-state index is 0.286. The van der Waals surface area contributed by atoms with Gasteiger partial charge in [0.15, 0.2) is 0 Å². The quantitative estimate of drug-likeness (QED) is 0.660. The predicted molar refractivity (Wildman–Crippen MR) is 68.6 cm³/mol. The van der Waals surface area contributed by atoms with Gasteiger partial charge in [-0.15, -0.1) is 0 Å². The lowest BCUT2D eigenvalue weighted by atomic mass is 10.1. The van der Waals surface area contributed by atoms with E-state index in [1.165, 1.54) is 32.2 Å². The molecule has 0 aromatic carbocycles. The van der Waals surface area contributed by atoms with Crippen LogP contribution in [-0.2, 0) is 0 Å². The van der Waals surface area contributed by atoms with Crippen LogP contribution >= 0.6 is 0 Å². The normalized spacial score (nSPS) is 21.2. The zero-order valence-corrected chi connectivity index (χ0v) is 10.9. The lowest BCUT2D eigenvalue weighted by Crippen LogP contribution is -2.39. The molecular weight excluding hydrogens is 200 g/mol. The van der Waals surface area contributed by atoms with Crippen molar-refractivity contribution in [3.05, 3.63) is 0 Å². The number of hydrogen-bond donors (Lipinski definition) is 2. The van der Waals surface area contributed by atoms with Gasteiger partial charge in [-0.05, 0) is 44.7 Å². The van der Waals surface area contributed by atoms with Crippen molar-refractivity contribution in [2.45, 2.75) is 45.6 Å². The second-order valence-electron chi connectivity index (χ2n) is 5.35. The minimum atomic E-state index is 0.286. The Bertz CT molecular complexity index is 167. The van der Waals surface area contributed by atoms with Gasteiger partial charge in [-0.1, -0.05) is 13.8 Å². The standard InChI is InChI=1S/C13H28N2O/c1-12(2)5-4-8-15(9-10-16)11-13-6-3-7-14-13/h12-14,16H,3-11H2,1-2H3. The summed E-state index contributed by atoms with van der Waals surface area (Å²) in [6.45, 7) is 9.08. The maximum Gasteiger partial charge on any atom is 0.0558 e. The summed E-state index contributed by atoms with van der Waals surface area (Å²) < 4.78 is 0. The van der Waals surface area contributed by atoms with Crippen molar-refractivity contribution >= 4 is 0 Å². The Morgan fingerprint density at radius 1 is 1.38 bits per heavy atom. The van der Waals surface area contributed by atoms with Gasteiger partial charge < -0.3 is 10.4 Å². The second-order valence-corrected chi connectivity index (χ2v) is 5.35. The summed E-state index contributed by atoms with van der Waals surface area (Å²) in [6, 6.07) is 0.658. The summed E-state index contributed by atoms with van der Waals surface area (Å²) in [7, 11) is 0. The summed E-state index contributed by atoms with van der Waals surface area (Å²) in [5.74, 6) is 0.792. The Morgan fingerprint density at radius 3 is 2.75 bits per heavy atom. The number of rotatable bonds is 8. The molecule has 16 heavy (non-hydrogen) atoms. The highest BCUT2D eigenvalue weighted by Crippen LogP contribution is 2.09. The van der Waals surface area contributed by atoms with Crippen molar-refractivity contribution in [2.75, 3.05) is 32.8 Å². The lowest BCUT2D eigenvalue weighted by molar-refractivity contribution is 0.181. The number of nitrogens with one attached hydrogen (secondary N) is 1. The van der Waals surface area contributed by atoms with Crippen LogP contribution in [0.25, 0.3) is 0 Å². The lowest BCUT2D eigenvalue weighted by Gasteiger charge is -2.25. The number of aliphatic hydroxyl groups is 1. The second kappa shape index (κ2) is 8.04. The van der Waals surface area contributed by atoms with Gasteiger partial charge in [0.1, 0.15) is 0 Å². The molecule has 1 heterocycles. The van der Waals surface area contributed by atoms with E-state index in [-0.39, 0.29) is 6.61 Å². The molecule has 3 heteroatoms. The summed E-state index contributed by atoms with van der Waals surface area (Å²) in [6.07, 6.45) is 5.15. The first-order chi connectivity index (χ1) is 7.72. The van der Waals surface area contributed by atoms with Crippen molar-refractivity contribution in [2.24, 2.45) is 5.92 Å². The molecule has 1 fully saturated rings. The Labute approximate surface area is 100 Å². The van der Waals surface area contributed by atoms with Gasteiger partial charge in [-0.3, -0.25) is 4.90 Å². The van der Waals surface area contributed by atoms with E-state index in [1.807, 2.05) is 0 Å². The van der Waals surface area contributed by atoms with Crippen molar-refractivity contribution in [1.82, 2.24) is 10.2 Å². The summed E-state index contributed by atoms with van der Waals surface area (Å²) >= 11 is 0. The van der Waals surface area contributed by atoms with Crippen LogP contribution in [0, 0.1) is 5.92 Å². The van der Waals surface area contributed by atoms with Crippen LogP contribution in [0.2, 0.25) is 0 Å². The zero-order chi connectivity index (χ0) is 11.8. The van der Waals surface area contributed by atoms with Crippen molar-refractivity contribution in [3.8, 4) is 0 Å². The molecule has 0 aromatic heterocycles. The van der Waals surface area contributed by atoms with E-state index in [9.17, 15) is 0 Å². The first kappa shape index (κ1) is 13.9. The molecule has 0 saturated carbocycles. The summed E-state index contributed by atoms with van der Waals surface area (Å²) in [5.41, 5.74) is 0. The average Bonchev–Trinajstić information content (AvgIpc) is 2.70. The molecule has 0 radical (unpaired) electrons. The van der Waals surface area contributed by atoms with E-state index in [0.717, 1.165) is 25.6 Å². The molecule has 0 aliphatic carbocycles. The third kappa shape index (κ3) is 5.83.